The molecule has 0 atom stereocenters. The molecule has 0 aromatic heterocycles. The largest absolute Gasteiger partial charge is 0.508 e. The first-order valence-electron chi connectivity index (χ1n) is 5.16. The average molecular weight is 230 g/mol. The van der Waals surface area contributed by atoms with Gasteiger partial charge in [-0.2, -0.15) is 0 Å². The number of phenols is 2. The SMILES string of the molecule is Oc1ccc(-c2ccc3c(c2)OCO3)c(O)c1. The molecule has 1 heterocycles. The molecule has 1 aliphatic rings. The van der Waals surface area contributed by atoms with Crippen molar-refractivity contribution < 1.29 is 19.7 Å². The van der Waals surface area contributed by atoms with E-state index in [0.29, 0.717) is 17.1 Å². The van der Waals surface area contributed by atoms with Crippen molar-refractivity contribution in [2.45, 2.75) is 0 Å². The van der Waals surface area contributed by atoms with E-state index in [0.717, 1.165) is 5.56 Å². The van der Waals surface area contributed by atoms with Crippen molar-refractivity contribution >= 4 is 0 Å². The quantitative estimate of drug-likeness (QED) is 0.790. The van der Waals surface area contributed by atoms with E-state index >= 15 is 0 Å². The molecule has 4 heteroatoms. The van der Waals surface area contributed by atoms with Crippen molar-refractivity contribution in [3.8, 4) is 34.1 Å². The number of phenolic OH excluding ortho intramolecular Hbond substituents is 2. The number of hydrogen-bond acceptors (Lipinski definition) is 4. The van der Waals surface area contributed by atoms with Crippen LogP contribution in [0.5, 0.6) is 23.0 Å². The third-order valence-corrected chi connectivity index (χ3v) is 2.66. The van der Waals surface area contributed by atoms with Gasteiger partial charge in [0.05, 0.1) is 0 Å². The predicted molar refractivity (Wildman–Crippen MR) is 61.3 cm³/mol. The van der Waals surface area contributed by atoms with Gasteiger partial charge in [-0.3, -0.25) is 0 Å². The molecule has 2 aromatic carbocycles. The van der Waals surface area contributed by atoms with Crippen LogP contribution in [-0.2, 0) is 0 Å². The Morgan fingerprint density at radius 3 is 2.53 bits per heavy atom. The Bertz CT molecular complexity index is 578. The molecule has 86 valence electrons. The van der Waals surface area contributed by atoms with Crippen LogP contribution < -0.4 is 9.47 Å². The van der Waals surface area contributed by atoms with Crippen LogP contribution in [-0.4, -0.2) is 17.0 Å². The van der Waals surface area contributed by atoms with Crippen molar-refractivity contribution in [2.75, 3.05) is 6.79 Å². The Hall–Kier alpha value is -2.36. The van der Waals surface area contributed by atoms with Gasteiger partial charge in [0, 0.05) is 11.6 Å². The number of aromatic hydroxyl groups is 2. The standard InChI is InChI=1S/C13H10O4/c14-9-2-3-10(11(15)6-9)8-1-4-12-13(5-8)17-7-16-12/h1-6,14-15H,7H2. The van der Waals surface area contributed by atoms with Gasteiger partial charge in [-0.1, -0.05) is 6.07 Å². The van der Waals surface area contributed by atoms with Crippen molar-refractivity contribution in [3.05, 3.63) is 36.4 Å². The summed E-state index contributed by atoms with van der Waals surface area (Å²) in [6.45, 7) is 0.223. The highest BCUT2D eigenvalue weighted by Crippen LogP contribution is 2.39. The summed E-state index contributed by atoms with van der Waals surface area (Å²) in [5, 5.41) is 19.0. The highest BCUT2D eigenvalue weighted by atomic mass is 16.7. The van der Waals surface area contributed by atoms with E-state index in [1.165, 1.54) is 12.1 Å². The molecule has 2 aromatic rings. The monoisotopic (exact) mass is 230 g/mol. The molecule has 1 aliphatic heterocycles. The third-order valence-electron chi connectivity index (χ3n) is 2.66. The molecule has 0 radical (unpaired) electrons. The van der Waals surface area contributed by atoms with Gasteiger partial charge < -0.3 is 19.7 Å². The van der Waals surface area contributed by atoms with Crippen molar-refractivity contribution in [3.63, 3.8) is 0 Å². The second-order valence-electron chi connectivity index (χ2n) is 3.77. The van der Waals surface area contributed by atoms with Gasteiger partial charge in [-0.05, 0) is 29.8 Å². The lowest BCUT2D eigenvalue weighted by Crippen LogP contribution is -1.92. The second kappa shape index (κ2) is 3.59. The number of ether oxygens (including phenoxy) is 2. The van der Waals surface area contributed by atoms with Crippen molar-refractivity contribution in [1.29, 1.82) is 0 Å². The van der Waals surface area contributed by atoms with Crippen LogP contribution in [0.3, 0.4) is 0 Å². The minimum absolute atomic E-state index is 0.0314. The number of fused-ring (bicyclic) bond motifs is 1. The van der Waals surface area contributed by atoms with Crippen LogP contribution in [0.4, 0.5) is 0 Å². The molecule has 0 saturated heterocycles. The Morgan fingerprint density at radius 1 is 0.882 bits per heavy atom. The lowest BCUT2D eigenvalue weighted by atomic mass is 10.0. The molecule has 0 aliphatic carbocycles. The summed E-state index contributed by atoms with van der Waals surface area (Å²) >= 11 is 0. The van der Waals surface area contributed by atoms with Crippen LogP contribution >= 0.6 is 0 Å². The molecule has 17 heavy (non-hydrogen) atoms. The third kappa shape index (κ3) is 1.63. The fourth-order valence-corrected chi connectivity index (χ4v) is 1.83. The first-order chi connectivity index (χ1) is 8.24. The summed E-state index contributed by atoms with van der Waals surface area (Å²) < 4.78 is 10.5. The number of hydrogen-bond donors (Lipinski definition) is 2. The highest BCUT2D eigenvalue weighted by molar-refractivity contribution is 5.73. The number of rotatable bonds is 1. The van der Waals surface area contributed by atoms with Crippen LogP contribution in [0, 0.1) is 0 Å². The molecular formula is C13H10O4. The van der Waals surface area contributed by atoms with Gasteiger partial charge in [0.25, 0.3) is 0 Å². The molecule has 0 unspecified atom stereocenters. The molecule has 2 N–H and O–H groups in total. The van der Waals surface area contributed by atoms with E-state index in [9.17, 15) is 10.2 Å². The highest BCUT2D eigenvalue weighted by Gasteiger charge is 2.15. The van der Waals surface area contributed by atoms with Crippen LogP contribution in [0.1, 0.15) is 0 Å². The van der Waals surface area contributed by atoms with E-state index in [-0.39, 0.29) is 18.3 Å². The summed E-state index contributed by atoms with van der Waals surface area (Å²) in [5.74, 6) is 1.43. The van der Waals surface area contributed by atoms with Gasteiger partial charge in [0.15, 0.2) is 11.5 Å². The second-order valence-corrected chi connectivity index (χ2v) is 3.77. The molecule has 0 amide bonds. The topological polar surface area (TPSA) is 58.9 Å². The fourth-order valence-electron chi connectivity index (χ4n) is 1.83. The maximum atomic E-state index is 9.76. The van der Waals surface area contributed by atoms with E-state index in [1.807, 2.05) is 6.07 Å². The Balaban J connectivity index is 2.09. The Labute approximate surface area is 97.7 Å². The molecular weight excluding hydrogens is 220 g/mol. The lowest BCUT2D eigenvalue weighted by molar-refractivity contribution is 0.174. The molecule has 0 bridgehead atoms. The van der Waals surface area contributed by atoms with Gasteiger partial charge in [-0.25, -0.2) is 0 Å². The van der Waals surface area contributed by atoms with Crippen LogP contribution in [0.2, 0.25) is 0 Å². The van der Waals surface area contributed by atoms with Crippen LogP contribution in [0.25, 0.3) is 11.1 Å². The van der Waals surface area contributed by atoms with Gasteiger partial charge in [0.2, 0.25) is 6.79 Å². The summed E-state index contributed by atoms with van der Waals surface area (Å²) in [7, 11) is 0. The summed E-state index contributed by atoms with van der Waals surface area (Å²) in [6.07, 6.45) is 0. The molecule has 0 spiro atoms. The van der Waals surface area contributed by atoms with E-state index in [4.69, 9.17) is 9.47 Å². The zero-order chi connectivity index (χ0) is 11.8. The zero-order valence-electron chi connectivity index (χ0n) is 8.88. The maximum absolute atomic E-state index is 9.76. The van der Waals surface area contributed by atoms with Crippen LogP contribution in [0.15, 0.2) is 36.4 Å². The van der Waals surface area contributed by atoms with Gasteiger partial charge >= 0.3 is 0 Å². The molecule has 0 saturated carbocycles. The average Bonchev–Trinajstić information content (AvgIpc) is 2.75. The summed E-state index contributed by atoms with van der Waals surface area (Å²) in [5.41, 5.74) is 1.45. The van der Waals surface area contributed by atoms with Gasteiger partial charge in [-0.15, -0.1) is 0 Å². The predicted octanol–water partition coefficient (Wildman–Crippen LogP) is 2.49. The maximum Gasteiger partial charge on any atom is 0.231 e. The normalized spacial score (nSPS) is 12.7. The minimum atomic E-state index is 0.0314. The molecule has 3 rings (SSSR count). The smallest absolute Gasteiger partial charge is 0.231 e. The minimum Gasteiger partial charge on any atom is -0.508 e. The summed E-state index contributed by atoms with van der Waals surface area (Å²) in [6, 6.07) is 9.92. The molecule has 0 fully saturated rings. The van der Waals surface area contributed by atoms with E-state index < -0.39 is 0 Å². The van der Waals surface area contributed by atoms with Crippen molar-refractivity contribution in [1.82, 2.24) is 0 Å². The van der Waals surface area contributed by atoms with Gasteiger partial charge in [0.1, 0.15) is 11.5 Å². The van der Waals surface area contributed by atoms with E-state index in [1.54, 1.807) is 18.2 Å². The zero-order valence-corrected chi connectivity index (χ0v) is 8.88. The number of benzene rings is 2. The Kier molecular flexibility index (Phi) is 2.08. The lowest BCUT2D eigenvalue weighted by Gasteiger charge is -2.06. The first kappa shape index (κ1) is 9.84. The van der Waals surface area contributed by atoms with Crippen molar-refractivity contribution in [2.24, 2.45) is 0 Å². The summed E-state index contributed by atoms with van der Waals surface area (Å²) in [4.78, 5) is 0. The fraction of sp³-hybridized carbons (Fsp3) is 0.0769. The molecule has 4 nitrogen and oxygen atoms in total. The Morgan fingerprint density at radius 2 is 1.71 bits per heavy atom. The first-order valence-corrected chi connectivity index (χ1v) is 5.16. The van der Waals surface area contributed by atoms with E-state index in [2.05, 4.69) is 0 Å².